The predicted octanol–water partition coefficient (Wildman–Crippen LogP) is 23.2. The zero-order chi connectivity index (χ0) is 57.8. The minimum Gasteiger partial charge on any atom is -0.462 e. The second-order valence-electron chi connectivity index (χ2n) is 22.0. The number of rotatable bonds is 60. The van der Waals surface area contributed by atoms with Crippen LogP contribution in [0, 0.1) is 0 Å². The van der Waals surface area contributed by atoms with Gasteiger partial charge in [0.25, 0.3) is 0 Å². The lowest BCUT2D eigenvalue weighted by molar-refractivity contribution is -0.167. The third kappa shape index (κ3) is 64.6. The molecule has 0 aliphatic carbocycles. The first-order valence-corrected chi connectivity index (χ1v) is 33.5. The quantitative estimate of drug-likeness (QED) is 0.0261. The maximum Gasteiger partial charge on any atom is 0.306 e. The highest BCUT2D eigenvalue weighted by Gasteiger charge is 2.19. The Morgan fingerprint density at radius 3 is 0.800 bits per heavy atom. The molecular formula is C74H124O6. The van der Waals surface area contributed by atoms with Crippen molar-refractivity contribution in [2.75, 3.05) is 13.2 Å². The molecule has 0 N–H and O–H groups in total. The lowest BCUT2D eigenvalue weighted by Crippen LogP contribution is -2.30. The summed E-state index contributed by atoms with van der Waals surface area (Å²) in [5.41, 5.74) is 0. The zero-order valence-corrected chi connectivity index (χ0v) is 52.3. The Balaban J connectivity index is 4.38. The minimum atomic E-state index is -0.795. The third-order valence-corrected chi connectivity index (χ3v) is 14.2. The molecule has 0 bridgehead atoms. The van der Waals surface area contributed by atoms with E-state index < -0.39 is 6.10 Å². The van der Waals surface area contributed by atoms with Gasteiger partial charge in [-0.05, 0) is 135 Å². The van der Waals surface area contributed by atoms with Gasteiger partial charge in [-0.2, -0.15) is 0 Å². The van der Waals surface area contributed by atoms with E-state index in [4.69, 9.17) is 14.2 Å². The van der Waals surface area contributed by atoms with Crippen molar-refractivity contribution in [3.63, 3.8) is 0 Å². The van der Waals surface area contributed by atoms with Gasteiger partial charge >= 0.3 is 17.9 Å². The second-order valence-corrected chi connectivity index (χ2v) is 22.0. The van der Waals surface area contributed by atoms with Gasteiger partial charge in [-0.25, -0.2) is 0 Å². The highest BCUT2D eigenvalue weighted by Crippen LogP contribution is 2.15. The molecule has 0 aromatic heterocycles. The lowest BCUT2D eigenvalue weighted by atomic mass is 10.1. The summed E-state index contributed by atoms with van der Waals surface area (Å²) < 4.78 is 16.9. The first kappa shape index (κ1) is 75.8. The summed E-state index contributed by atoms with van der Waals surface area (Å²) >= 11 is 0. The number of unbranched alkanes of at least 4 members (excludes halogenated alkanes) is 29. The number of hydrogen-bond acceptors (Lipinski definition) is 6. The molecule has 6 heteroatoms. The number of carbonyl (C=O) groups excluding carboxylic acids is 3. The molecular weight excluding hydrogens is 985 g/mol. The van der Waals surface area contributed by atoms with Crippen LogP contribution in [0.2, 0.25) is 0 Å². The summed E-state index contributed by atoms with van der Waals surface area (Å²) in [6.45, 7) is 6.50. The summed E-state index contributed by atoms with van der Waals surface area (Å²) in [4.78, 5) is 38.4. The van der Waals surface area contributed by atoms with Crippen molar-refractivity contribution in [3.8, 4) is 0 Å². The van der Waals surface area contributed by atoms with Crippen LogP contribution >= 0.6 is 0 Å². The van der Waals surface area contributed by atoms with E-state index in [1.165, 1.54) is 141 Å². The Morgan fingerprint density at radius 2 is 0.487 bits per heavy atom. The molecule has 0 aliphatic heterocycles. The molecule has 1 unspecified atom stereocenters. The van der Waals surface area contributed by atoms with Crippen LogP contribution in [0.15, 0.2) is 122 Å². The molecule has 0 spiro atoms. The molecule has 456 valence electrons. The molecule has 0 aromatic carbocycles. The van der Waals surface area contributed by atoms with Crippen LogP contribution in [-0.4, -0.2) is 37.2 Å². The van der Waals surface area contributed by atoms with Crippen molar-refractivity contribution < 1.29 is 28.6 Å². The van der Waals surface area contributed by atoms with E-state index in [0.717, 1.165) is 128 Å². The number of allylic oxidation sites excluding steroid dienone is 20. The predicted molar refractivity (Wildman–Crippen MR) is 348 cm³/mol. The molecule has 0 saturated heterocycles. The molecule has 0 saturated carbocycles. The standard InChI is InChI=1S/C74H124O6/c1-4-7-10-13-16-19-22-25-28-31-32-33-34-35-36-37-38-39-40-41-42-44-46-49-52-55-58-61-64-67-73(76)79-70-71(69-78-72(75)66-63-60-57-54-51-48-45-30-27-24-21-18-15-12-9-6-3)80-74(77)68-65-62-59-56-53-50-47-43-29-26-23-20-17-14-11-8-5-2/h7,10,16-17,19-20,25-26,28-30,32-33,35-36,38-39,41-42,45,71H,4-6,8-9,11-15,18,21-24,27,31,34,37,40,43-44,46-70H2,1-3H3/b10-7-,19-16-,20-17-,28-25-,29-26-,33-32-,36-35-,39-38-,42-41-,45-30-. The Bertz CT molecular complexity index is 1650. The third-order valence-electron chi connectivity index (χ3n) is 14.2. The van der Waals surface area contributed by atoms with E-state index in [1.54, 1.807) is 0 Å². The maximum atomic E-state index is 12.9. The highest BCUT2D eigenvalue weighted by atomic mass is 16.6. The van der Waals surface area contributed by atoms with Gasteiger partial charge in [0.05, 0.1) is 0 Å². The molecule has 80 heavy (non-hydrogen) atoms. The first-order valence-electron chi connectivity index (χ1n) is 33.5. The normalized spacial score (nSPS) is 12.9. The van der Waals surface area contributed by atoms with Crippen molar-refractivity contribution in [2.24, 2.45) is 0 Å². The van der Waals surface area contributed by atoms with Crippen molar-refractivity contribution in [1.29, 1.82) is 0 Å². The molecule has 0 heterocycles. The summed E-state index contributed by atoms with van der Waals surface area (Å²) in [6, 6.07) is 0. The van der Waals surface area contributed by atoms with Crippen LogP contribution in [-0.2, 0) is 28.6 Å². The van der Waals surface area contributed by atoms with Crippen molar-refractivity contribution in [2.45, 2.75) is 316 Å². The van der Waals surface area contributed by atoms with E-state index >= 15 is 0 Å². The summed E-state index contributed by atoms with van der Waals surface area (Å²) in [5.74, 6) is -0.909. The summed E-state index contributed by atoms with van der Waals surface area (Å²) in [5, 5.41) is 0. The Hall–Kier alpha value is -4.19. The summed E-state index contributed by atoms with van der Waals surface area (Å²) in [7, 11) is 0. The van der Waals surface area contributed by atoms with Crippen LogP contribution in [0.25, 0.3) is 0 Å². The van der Waals surface area contributed by atoms with Crippen molar-refractivity contribution >= 4 is 17.9 Å². The van der Waals surface area contributed by atoms with Crippen LogP contribution in [0.5, 0.6) is 0 Å². The Morgan fingerprint density at radius 1 is 0.263 bits per heavy atom. The molecule has 0 rings (SSSR count). The van der Waals surface area contributed by atoms with Crippen LogP contribution in [0.4, 0.5) is 0 Å². The average Bonchev–Trinajstić information content (AvgIpc) is 3.46. The van der Waals surface area contributed by atoms with Crippen molar-refractivity contribution in [1.82, 2.24) is 0 Å². The second kappa shape index (κ2) is 67.3. The van der Waals surface area contributed by atoms with Gasteiger partial charge in [-0.3, -0.25) is 14.4 Å². The topological polar surface area (TPSA) is 78.9 Å². The van der Waals surface area contributed by atoms with Gasteiger partial charge in [-0.15, -0.1) is 0 Å². The largest absolute Gasteiger partial charge is 0.462 e. The molecule has 0 fully saturated rings. The first-order chi connectivity index (χ1) is 39.5. The van der Waals surface area contributed by atoms with Gasteiger partial charge in [-0.1, -0.05) is 277 Å². The van der Waals surface area contributed by atoms with Crippen LogP contribution < -0.4 is 0 Å². The average molecular weight is 1110 g/mol. The van der Waals surface area contributed by atoms with E-state index in [9.17, 15) is 14.4 Å². The number of ether oxygens (including phenoxy) is 3. The van der Waals surface area contributed by atoms with Crippen LogP contribution in [0.3, 0.4) is 0 Å². The molecule has 0 aromatic rings. The fourth-order valence-electron chi connectivity index (χ4n) is 9.15. The fourth-order valence-corrected chi connectivity index (χ4v) is 9.15. The van der Waals surface area contributed by atoms with Crippen molar-refractivity contribution in [3.05, 3.63) is 122 Å². The maximum absolute atomic E-state index is 12.9. The lowest BCUT2D eigenvalue weighted by Gasteiger charge is -2.18. The molecule has 6 nitrogen and oxygen atoms in total. The smallest absolute Gasteiger partial charge is 0.306 e. The molecule has 0 amide bonds. The van der Waals surface area contributed by atoms with E-state index in [0.29, 0.717) is 19.3 Å². The van der Waals surface area contributed by atoms with Gasteiger partial charge in [0.15, 0.2) is 6.10 Å². The fraction of sp³-hybridized carbons (Fsp3) is 0.689. The SMILES string of the molecule is CC/C=C\C/C=C\C/C=C\C/C=C\C/C=C\C/C=C\C/C=C\CCCCCCCCCC(=O)OCC(COC(=O)CCCCCCC/C=C\CCCCCCCCC)OC(=O)CCCCCCCCC/C=C\C/C=C\CCCCC. The minimum absolute atomic E-state index is 0.0900. The van der Waals surface area contributed by atoms with Gasteiger partial charge in [0.2, 0.25) is 0 Å². The highest BCUT2D eigenvalue weighted by molar-refractivity contribution is 5.71. The van der Waals surface area contributed by atoms with E-state index in [1.807, 2.05) is 0 Å². The number of esters is 3. The Kier molecular flexibility index (Phi) is 63.8. The Labute approximate surface area is 494 Å². The van der Waals surface area contributed by atoms with Gasteiger partial charge in [0, 0.05) is 19.3 Å². The zero-order valence-electron chi connectivity index (χ0n) is 52.3. The monoisotopic (exact) mass is 1110 g/mol. The molecule has 0 radical (unpaired) electrons. The van der Waals surface area contributed by atoms with E-state index in [2.05, 4.69) is 142 Å². The van der Waals surface area contributed by atoms with Crippen LogP contribution in [0.1, 0.15) is 310 Å². The van der Waals surface area contributed by atoms with Gasteiger partial charge in [0.1, 0.15) is 13.2 Å². The molecule has 1 atom stereocenters. The number of carbonyl (C=O) groups is 3. The summed E-state index contributed by atoms with van der Waals surface area (Å²) in [6.07, 6.45) is 93.4. The molecule has 0 aliphatic rings. The number of hydrogen-bond donors (Lipinski definition) is 0. The van der Waals surface area contributed by atoms with Gasteiger partial charge < -0.3 is 14.2 Å². The van der Waals surface area contributed by atoms with E-state index in [-0.39, 0.29) is 31.1 Å².